The Labute approximate surface area is 427 Å². The van der Waals surface area contributed by atoms with Gasteiger partial charge < -0.3 is 15.5 Å². The second kappa shape index (κ2) is 59.9. The molecular formula is C64H123NO3. The van der Waals surface area contributed by atoms with E-state index in [1.807, 2.05) is 6.08 Å². The number of allylic oxidation sites excluding steroid dienone is 5. The minimum atomic E-state index is -0.869. The van der Waals surface area contributed by atoms with Gasteiger partial charge in [0, 0.05) is 6.42 Å². The molecule has 0 spiro atoms. The van der Waals surface area contributed by atoms with Crippen LogP contribution in [0.4, 0.5) is 0 Å². The minimum Gasteiger partial charge on any atom is -0.394 e. The molecule has 0 aromatic rings. The van der Waals surface area contributed by atoms with Gasteiger partial charge in [-0.05, 0) is 44.9 Å². The van der Waals surface area contributed by atoms with Crippen LogP contribution in [0.1, 0.15) is 348 Å². The number of unbranched alkanes of at least 4 members (excludes halogenated alkanes) is 47. The maximum Gasteiger partial charge on any atom is 0.220 e. The molecule has 2 atom stereocenters. The third kappa shape index (κ3) is 55.5. The summed E-state index contributed by atoms with van der Waals surface area (Å²) in [5.74, 6) is -0.0709. The van der Waals surface area contributed by atoms with Crippen molar-refractivity contribution >= 4 is 5.91 Å². The van der Waals surface area contributed by atoms with E-state index in [1.165, 1.54) is 289 Å². The highest BCUT2D eigenvalue weighted by Gasteiger charge is 2.18. The van der Waals surface area contributed by atoms with Crippen molar-refractivity contribution in [2.75, 3.05) is 6.61 Å². The number of rotatable bonds is 58. The third-order valence-corrected chi connectivity index (χ3v) is 14.6. The lowest BCUT2D eigenvalue weighted by Crippen LogP contribution is -2.45. The van der Waals surface area contributed by atoms with E-state index in [0.717, 1.165) is 38.5 Å². The van der Waals surface area contributed by atoms with Crippen LogP contribution in [0.3, 0.4) is 0 Å². The molecule has 0 saturated heterocycles. The van der Waals surface area contributed by atoms with Crippen LogP contribution in [0.2, 0.25) is 0 Å². The summed E-state index contributed by atoms with van der Waals surface area (Å²) in [5.41, 5.74) is 0. The fourth-order valence-electron chi connectivity index (χ4n) is 9.86. The summed E-state index contributed by atoms with van der Waals surface area (Å²) in [4.78, 5) is 12.5. The molecule has 0 heterocycles. The normalized spacial score (nSPS) is 12.9. The van der Waals surface area contributed by atoms with Crippen LogP contribution >= 0.6 is 0 Å². The molecule has 402 valence electrons. The molecule has 0 aliphatic heterocycles. The molecule has 4 nitrogen and oxygen atoms in total. The predicted molar refractivity (Wildman–Crippen MR) is 304 cm³/mol. The largest absolute Gasteiger partial charge is 0.394 e. The van der Waals surface area contributed by atoms with Gasteiger partial charge in [-0.15, -0.1) is 0 Å². The number of amides is 1. The summed E-state index contributed by atoms with van der Waals surface area (Å²) in [6, 6.07) is -0.644. The van der Waals surface area contributed by atoms with Gasteiger partial charge in [-0.1, -0.05) is 333 Å². The average Bonchev–Trinajstić information content (AvgIpc) is 3.34. The highest BCUT2D eigenvalue weighted by Crippen LogP contribution is 2.18. The van der Waals surface area contributed by atoms with Crippen LogP contribution in [-0.2, 0) is 4.79 Å². The molecule has 0 saturated carbocycles. The van der Waals surface area contributed by atoms with Crippen molar-refractivity contribution in [3.8, 4) is 0 Å². The quantitative estimate of drug-likeness (QED) is 0.0420. The van der Waals surface area contributed by atoms with Crippen molar-refractivity contribution in [1.29, 1.82) is 0 Å². The van der Waals surface area contributed by atoms with Crippen molar-refractivity contribution in [1.82, 2.24) is 5.32 Å². The van der Waals surface area contributed by atoms with Crippen LogP contribution in [0.25, 0.3) is 0 Å². The summed E-state index contributed by atoms with van der Waals surface area (Å²) < 4.78 is 0. The molecule has 0 bridgehead atoms. The van der Waals surface area contributed by atoms with Crippen LogP contribution in [0.15, 0.2) is 36.5 Å². The van der Waals surface area contributed by atoms with E-state index in [1.54, 1.807) is 6.08 Å². The number of carbonyl (C=O) groups is 1. The zero-order valence-corrected chi connectivity index (χ0v) is 46.4. The Hall–Kier alpha value is -1.39. The molecule has 3 N–H and O–H groups in total. The fourth-order valence-corrected chi connectivity index (χ4v) is 9.86. The Balaban J connectivity index is 3.45. The van der Waals surface area contributed by atoms with Gasteiger partial charge in [0.05, 0.1) is 18.8 Å². The van der Waals surface area contributed by atoms with E-state index in [9.17, 15) is 15.0 Å². The molecule has 0 aliphatic rings. The summed E-state index contributed by atoms with van der Waals surface area (Å²) in [6.45, 7) is 4.33. The van der Waals surface area contributed by atoms with Crippen LogP contribution < -0.4 is 5.32 Å². The van der Waals surface area contributed by atoms with Crippen molar-refractivity contribution in [3.63, 3.8) is 0 Å². The maximum atomic E-state index is 12.5. The Morgan fingerprint density at radius 3 is 0.853 bits per heavy atom. The van der Waals surface area contributed by atoms with E-state index in [4.69, 9.17) is 0 Å². The van der Waals surface area contributed by atoms with Gasteiger partial charge in [0.1, 0.15) is 0 Å². The topological polar surface area (TPSA) is 69.6 Å². The van der Waals surface area contributed by atoms with Crippen LogP contribution in [0, 0.1) is 0 Å². The van der Waals surface area contributed by atoms with Gasteiger partial charge >= 0.3 is 0 Å². The number of hydrogen-bond acceptors (Lipinski definition) is 3. The molecule has 0 radical (unpaired) electrons. The average molecular weight is 955 g/mol. The van der Waals surface area contributed by atoms with E-state index >= 15 is 0 Å². The van der Waals surface area contributed by atoms with Gasteiger partial charge in [0.25, 0.3) is 0 Å². The summed E-state index contributed by atoms with van der Waals surface area (Å²) in [6.07, 6.45) is 82.1. The standard InChI is InChI=1S/C64H123NO3/c1-3-5-7-9-11-13-15-17-19-21-23-25-27-28-29-30-31-32-33-34-35-36-37-38-40-42-44-46-48-50-52-54-56-58-60-64(68)65-62(61-66)63(67)59-57-55-53-51-49-47-45-43-41-39-26-24-22-20-18-16-14-12-10-8-6-4-2/h41,43,49,51,57,59,62-63,66-67H,3-40,42,44-48,50,52-56,58,60-61H2,1-2H3,(H,65,68)/b43-41+,51-49+,59-57+. The van der Waals surface area contributed by atoms with Gasteiger partial charge in [-0.3, -0.25) is 4.79 Å². The summed E-state index contributed by atoms with van der Waals surface area (Å²) in [7, 11) is 0. The molecule has 68 heavy (non-hydrogen) atoms. The third-order valence-electron chi connectivity index (χ3n) is 14.6. The fraction of sp³-hybridized carbons (Fsp3) is 0.891. The van der Waals surface area contributed by atoms with E-state index < -0.39 is 12.1 Å². The Kier molecular flexibility index (Phi) is 58.7. The molecule has 0 fully saturated rings. The summed E-state index contributed by atoms with van der Waals surface area (Å²) >= 11 is 0. The van der Waals surface area contributed by atoms with E-state index in [0.29, 0.717) is 6.42 Å². The zero-order valence-electron chi connectivity index (χ0n) is 46.4. The predicted octanol–water partition coefficient (Wildman–Crippen LogP) is 20.8. The van der Waals surface area contributed by atoms with Gasteiger partial charge in [0.2, 0.25) is 5.91 Å². The number of nitrogens with one attached hydrogen (secondary N) is 1. The van der Waals surface area contributed by atoms with Crippen molar-refractivity contribution in [2.45, 2.75) is 360 Å². The first kappa shape index (κ1) is 66.6. The van der Waals surface area contributed by atoms with E-state index in [-0.39, 0.29) is 12.5 Å². The lowest BCUT2D eigenvalue weighted by molar-refractivity contribution is -0.123. The highest BCUT2D eigenvalue weighted by molar-refractivity contribution is 5.76. The second-order valence-corrected chi connectivity index (χ2v) is 21.5. The molecule has 0 aromatic heterocycles. The first-order valence-corrected chi connectivity index (χ1v) is 31.2. The van der Waals surface area contributed by atoms with Crippen molar-refractivity contribution < 1.29 is 15.0 Å². The van der Waals surface area contributed by atoms with Gasteiger partial charge in [0.15, 0.2) is 0 Å². The smallest absolute Gasteiger partial charge is 0.220 e. The molecule has 0 aromatic carbocycles. The number of hydrogen-bond donors (Lipinski definition) is 3. The number of aliphatic hydroxyl groups excluding tert-OH is 2. The molecule has 1 amide bonds. The number of carbonyl (C=O) groups excluding carboxylic acids is 1. The van der Waals surface area contributed by atoms with Crippen LogP contribution in [0.5, 0.6) is 0 Å². The van der Waals surface area contributed by atoms with Crippen molar-refractivity contribution in [2.24, 2.45) is 0 Å². The van der Waals surface area contributed by atoms with Gasteiger partial charge in [-0.25, -0.2) is 0 Å². The van der Waals surface area contributed by atoms with Crippen LogP contribution in [-0.4, -0.2) is 34.9 Å². The second-order valence-electron chi connectivity index (χ2n) is 21.5. The summed E-state index contributed by atoms with van der Waals surface area (Å²) in [5, 5.41) is 23.2. The molecular weight excluding hydrogens is 831 g/mol. The Morgan fingerprint density at radius 1 is 0.338 bits per heavy atom. The number of aliphatic hydroxyl groups is 2. The van der Waals surface area contributed by atoms with Crippen molar-refractivity contribution in [3.05, 3.63) is 36.5 Å². The first-order valence-electron chi connectivity index (χ1n) is 31.2. The Morgan fingerprint density at radius 2 is 0.574 bits per heavy atom. The molecule has 2 unspecified atom stereocenters. The zero-order chi connectivity index (χ0) is 49.2. The lowest BCUT2D eigenvalue weighted by Gasteiger charge is -2.19. The molecule has 0 aliphatic carbocycles. The first-order chi connectivity index (χ1) is 33.7. The molecule has 4 heteroatoms. The lowest BCUT2D eigenvalue weighted by atomic mass is 10.0. The van der Waals surface area contributed by atoms with E-state index in [2.05, 4.69) is 43.5 Å². The SMILES string of the molecule is CCCCCCCCCCCCCC/C=C/CC/C=C/CC/C=C/C(O)C(CO)NC(=O)CCCCCCCCCCCCCCCCCCCCCCCCCCCCCCCCCCCC. The Bertz CT molecular complexity index is 1040. The highest BCUT2D eigenvalue weighted by atomic mass is 16.3. The maximum absolute atomic E-state index is 12.5. The minimum absolute atomic E-state index is 0.0709. The molecule has 0 rings (SSSR count). The monoisotopic (exact) mass is 954 g/mol. The van der Waals surface area contributed by atoms with Gasteiger partial charge in [-0.2, -0.15) is 0 Å².